The van der Waals surface area contributed by atoms with Crippen molar-refractivity contribution in [1.82, 2.24) is 9.88 Å². The number of amidine groups is 1. The lowest BCUT2D eigenvalue weighted by Crippen LogP contribution is -2.31. The van der Waals surface area contributed by atoms with Crippen LogP contribution in [0.15, 0.2) is 112 Å². The van der Waals surface area contributed by atoms with Crippen molar-refractivity contribution < 1.29 is 24.4 Å². The van der Waals surface area contributed by atoms with Crippen LogP contribution in [0.25, 0.3) is 17.0 Å². The van der Waals surface area contributed by atoms with E-state index in [-0.39, 0.29) is 23.8 Å². The van der Waals surface area contributed by atoms with Crippen molar-refractivity contribution in [3.8, 4) is 5.75 Å². The first kappa shape index (κ1) is 30.8. The Kier molecular flexibility index (Phi) is 8.99. The van der Waals surface area contributed by atoms with Crippen LogP contribution < -0.4 is 4.74 Å². The number of fused-ring (bicyclic) bond motifs is 1. The second kappa shape index (κ2) is 13.4. The van der Waals surface area contributed by atoms with Gasteiger partial charge in [-0.05, 0) is 83.9 Å². The van der Waals surface area contributed by atoms with Crippen LogP contribution in [0.4, 0.5) is 11.4 Å². The number of rotatable bonds is 10. The summed E-state index contributed by atoms with van der Waals surface area (Å²) in [5, 5.41) is 21.9. The highest BCUT2D eigenvalue weighted by molar-refractivity contribution is 9.10. The zero-order chi connectivity index (χ0) is 32.2. The third kappa shape index (κ3) is 6.87. The van der Waals surface area contributed by atoms with Gasteiger partial charge >= 0.3 is 5.97 Å². The molecule has 4 aromatic carbocycles. The first-order valence-electron chi connectivity index (χ1n) is 14.1. The van der Waals surface area contributed by atoms with Crippen LogP contribution in [0.1, 0.15) is 27.0 Å². The maximum atomic E-state index is 13.9. The van der Waals surface area contributed by atoms with E-state index in [4.69, 9.17) is 14.8 Å². The minimum Gasteiger partial charge on any atom is -0.488 e. The number of para-hydroxylation sites is 1. The fourth-order valence-corrected chi connectivity index (χ4v) is 6.32. The predicted molar refractivity (Wildman–Crippen MR) is 181 cm³/mol. The van der Waals surface area contributed by atoms with Crippen molar-refractivity contribution in [3.05, 3.63) is 139 Å². The summed E-state index contributed by atoms with van der Waals surface area (Å²) in [5.41, 5.74) is 4.17. The number of benzene rings is 4. The van der Waals surface area contributed by atoms with Gasteiger partial charge in [-0.25, -0.2) is 9.79 Å². The number of aliphatic imine (C=N–C) groups is 1. The predicted octanol–water partition coefficient (Wildman–Crippen LogP) is 7.96. The van der Waals surface area contributed by atoms with E-state index in [2.05, 4.69) is 20.9 Å². The Labute approximate surface area is 275 Å². The van der Waals surface area contributed by atoms with Crippen LogP contribution in [0, 0.1) is 10.1 Å². The molecule has 46 heavy (non-hydrogen) atoms. The van der Waals surface area contributed by atoms with Gasteiger partial charge in [0.1, 0.15) is 12.4 Å². The molecule has 0 radical (unpaired) electrons. The number of ether oxygens (including phenoxy) is 1. The second-order valence-corrected chi connectivity index (χ2v) is 12.2. The summed E-state index contributed by atoms with van der Waals surface area (Å²) in [6.45, 7) is 0.563. The highest BCUT2D eigenvalue weighted by atomic mass is 79.9. The molecule has 2 heterocycles. The number of amides is 1. The summed E-state index contributed by atoms with van der Waals surface area (Å²) in [7, 11) is 0. The number of carbonyl (C=O) groups excluding carboxylic acids is 1. The van der Waals surface area contributed by atoms with E-state index in [0.29, 0.717) is 40.0 Å². The molecule has 1 saturated heterocycles. The Bertz CT molecular complexity index is 2020. The summed E-state index contributed by atoms with van der Waals surface area (Å²) in [5.74, 6) is -0.682. The molecule has 5 aromatic rings. The quantitative estimate of drug-likeness (QED) is 0.0858. The fraction of sp³-hybridized carbons (Fsp3) is 0.0882. The number of carboxylic acids is 1. The molecule has 0 spiro atoms. The van der Waals surface area contributed by atoms with Gasteiger partial charge in [0, 0.05) is 45.8 Å². The normalized spacial score (nSPS) is 14.8. The number of nitro benzene ring substituents is 1. The number of aromatic amines is 1. The summed E-state index contributed by atoms with van der Waals surface area (Å²) in [6, 6.07) is 25.8. The van der Waals surface area contributed by atoms with Crippen molar-refractivity contribution in [2.24, 2.45) is 4.99 Å². The molecule has 1 aromatic heterocycles. The Morgan fingerprint density at radius 2 is 1.83 bits per heavy atom. The molecule has 1 amide bonds. The number of halogens is 1. The zero-order valence-corrected chi connectivity index (χ0v) is 26.5. The lowest BCUT2D eigenvalue weighted by Gasteiger charge is -2.15. The lowest BCUT2D eigenvalue weighted by molar-refractivity contribution is -0.384. The Morgan fingerprint density at radius 3 is 2.57 bits per heavy atom. The number of nitrogens with one attached hydrogen (secondary N) is 1. The van der Waals surface area contributed by atoms with Crippen LogP contribution in [0.5, 0.6) is 5.75 Å². The molecule has 1 aliphatic rings. The number of carboxylic acid groups (broad SMARTS) is 1. The Hall–Kier alpha value is -5.20. The molecule has 1 fully saturated rings. The van der Waals surface area contributed by atoms with Gasteiger partial charge in [-0.15, -0.1) is 0 Å². The number of nitrogens with zero attached hydrogens (tertiary/aromatic N) is 3. The molecule has 10 nitrogen and oxygen atoms in total. The van der Waals surface area contributed by atoms with E-state index in [9.17, 15) is 19.7 Å². The van der Waals surface area contributed by atoms with E-state index in [1.54, 1.807) is 41.3 Å². The average molecular weight is 698 g/mol. The molecule has 2 N–H and O–H groups in total. The number of aromatic carboxylic acids is 1. The third-order valence-corrected chi connectivity index (χ3v) is 8.81. The second-order valence-electron chi connectivity index (χ2n) is 10.3. The first-order valence-corrected chi connectivity index (χ1v) is 15.7. The van der Waals surface area contributed by atoms with Crippen molar-refractivity contribution in [1.29, 1.82) is 0 Å². The fourth-order valence-electron chi connectivity index (χ4n) is 4.93. The molecule has 0 saturated carbocycles. The van der Waals surface area contributed by atoms with Gasteiger partial charge in [0.2, 0.25) is 0 Å². The molecule has 1 aliphatic heterocycles. The van der Waals surface area contributed by atoms with Crippen molar-refractivity contribution in [2.45, 2.75) is 13.0 Å². The number of hydrogen-bond acceptors (Lipinski definition) is 7. The zero-order valence-electron chi connectivity index (χ0n) is 24.1. The molecule has 12 heteroatoms. The number of aromatic nitrogens is 1. The number of nitro groups is 1. The van der Waals surface area contributed by atoms with Gasteiger partial charge in [-0.3, -0.25) is 19.8 Å². The van der Waals surface area contributed by atoms with Crippen molar-refractivity contribution >= 4 is 73.1 Å². The minimum absolute atomic E-state index is 0.0455. The van der Waals surface area contributed by atoms with Gasteiger partial charge in [-0.2, -0.15) is 0 Å². The van der Waals surface area contributed by atoms with E-state index >= 15 is 0 Å². The smallest absolute Gasteiger partial charge is 0.335 e. The van der Waals surface area contributed by atoms with Crippen LogP contribution in [-0.4, -0.2) is 43.5 Å². The minimum atomic E-state index is -1.000. The van der Waals surface area contributed by atoms with Crippen molar-refractivity contribution in [3.63, 3.8) is 0 Å². The largest absolute Gasteiger partial charge is 0.488 e. The third-order valence-electron chi connectivity index (χ3n) is 7.31. The summed E-state index contributed by atoms with van der Waals surface area (Å²) >= 11 is 4.73. The summed E-state index contributed by atoms with van der Waals surface area (Å²) in [4.78, 5) is 45.8. The summed E-state index contributed by atoms with van der Waals surface area (Å²) < 4.78 is 6.90. The molecule has 0 bridgehead atoms. The van der Waals surface area contributed by atoms with E-state index < -0.39 is 10.9 Å². The monoisotopic (exact) mass is 696 g/mol. The van der Waals surface area contributed by atoms with E-state index in [1.807, 2.05) is 42.6 Å². The molecular formula is C34H25BrN4O6S. The highest BCUT2D eigenvalue weighted by Gasteiger charge is 2.33. The molecular weight excluding hydrogens is 672 g/mol. The lowest BCUT2D eigenvalue weighted by atomic mass is 10.1. The van der Waals surface area contributed by atoms with Crippen LogP contribution in [0.2, 0.25) is 0 Å². The number of carbonyl (C=O) groups is 2. The SMILES string of the molecule is O=C(O)c1ccc(COc2ccc(Br)cc2/C=C2\SC(=Nc3ccc([N+](=O)[O-])cc3)N(CCc3c[nH]c4ccccc34)C2=O)cc1. The van der Waals surface area contributed by atoms with Gasteiger partial charge in [-0.1, -0.05) is 46.3 Å². The first-order chi connectivity index (χ1) is 22.2. The average Bonchev–Trinajstić information content (AvgIpc) is 3.59. The Balaban J connectivity index is 1.29. The van der Waals surface area contributed by atoms with Gasteiger partial charge in [0.15, 0.2) is 5.17 Å². The van der Waals surface area contributed by atoms with E-state index in [1.165, 1.54) is 36.0 Å². The number of H-pyrrole nitrogens is 1. The molecule has 0 unspecified atom stereocenters. The maximum absolute atomic E-state index is 13.9. The standard InChI is InChI=1S/C34H25BrN4O6S/c35-25-9-14-30(45-20-21-5-7-22(8-6-21)33(41)42)24(17-25)18-31-32(40)38(16-15-23-19-36-29-4-2-1-3-28(23)29)34(46-31)37-26-10-12-27(13-11-26)39(43)44/h1-14,17-19,36H,15-16,20H2,(H,41,42)/b31-18-,37-34?. The van der Waals surface area contributed by atoms with Crippen LogP contribution >= 0.6 is 27.7 Å². The highest BCUT2D eigenvalue weighted by Crippen LogP contribution is 2.37. The molecule has 230 valence electrons. The molecule has 0 aliphatic carbocycles. The van der Waals surface area contributed by atoms with Gasteiger partial charge < -0.3 is 14.8 Å². The van der Waals surface area contributed by atoms with Gasteiger partial charge in [0.05, 0.1) is 21.1 Å². The van der Waals surface area contributed by atoms with Gasteiger partial charge in [0.25, 0.3) is 11.6 Å². The van der Waals surface area contributed by atoms with Crippen LogP contribution in [0.3, 0.4) is 0 Å². The Morgan fingerprint density at radius 1 is 1.07 bits per heavy atom. The van der Waals surface area contributed by atoms with Crippen LogP contribution in [-0.2, 0) is 17.8 Å². The molecule has 6 rings (SSSR count). The maximum Gasteiger partial charge on any atom is 0.335 e. The number of non-ortho nitro benzene ring substituents is 1. The number of hydrogen-bond donors (Lipinski definition) is 2. The number of thioether (sulfide) groups is 1. The topological polar surface area (TPSA) is 138 Å². The molecule has 0 atom stereocenters. The van der Waals surface area contributed by atoms with E-state index in [0.717, 1.165) is 26.5 Å². The van der Waals surface area contributed by atoms with Crippen molar-refractivity contribution in [2.75, 3.05) is 6.54 Å². The summed E-state index contributed by atoms with van der Waals surface area (Å²) in [6.07, 6.45) is 4.29.